The Morgan fingerprint density at radius 3 is 2.06 bits per heavy atom. The van der Waals surface area contributed by atoms with Gasteiger partial charge in [-0.25, -0.2) is 8.78 Å². The van der Waals surface area contributed by atoms with Crippen LogP contribution in [-0.2, 0) is 0 Å². The topological polar surface area (TPSA) is 3.24 Å². The van der Waals surface area contributed by atoms with E-state index in [2.05, 4.69) is 26.0 Å². The predicted octanol–water partition coefficient (Wildman–Crippen LogP) is 4.05. The molecule has 94 valence electrons. The van der Waals surface area contributed by atoms with Gasteiger partial charge < -0.3 is 4.90 Å². The summed E-state index contributed by atoms with van der Waals surface area (Å²) in [6.45, 7) is 5.20. The summed E-state index contributed by atoms with van der Waals surface area (Å²) < 4.78 is 26.1. The van der Waals surface area contributed by atoms with Gasteiger partial charge in [-0.2, -0.15) is 0 Å². The maximum absolute atomic E-state index is 13.0. The standard InChI is InChI=1S/C14H19F2N/c1-11(2)12-3-5-13(6-4-12)17-9-7-14(15,16)8-10-17/h3-6,11H,7-10H2,1-2H3. The van der Waals surface area contributed by atoms with Gasteiger partial charge in [-0.3, -0.25) is 0 Å². The molecule has 1 aromatic carbocycles. The van der Waals surface area contributed by atoms with Crippen molar-refractivity contribution < 1.29 is 8.78 Å². The number of halogens is 2. The summed E-state index contributed by atoms with van der Waals surface area (Å²) in [6, 6.07) is 8.26. The van der Waals surface area contributed by atoms with Crippen molar-refractivity contribution in [3.63, 3.8) is 0 Å². The van der Waals surface area contributed by atoms with Crippen LogP contribution in [0.2, 0.25) is 0 Å². The third-order valence-corrected chi connectivity index (χ3v) is 3.42. The SMILES string of the molecule is CC(C)c1ccc(N2CCC(F)(F)CC2)cc1. The van der Waals surface area contributed by atoms with E-state index in [1.807, 2.05) is 17.0 Å². The van der Waals surface area contributed by atoms with E-state index < -0.39 is 5.92 Å². The van der Waals surface area contributed by atoms with Gasteiger partial charge >= 0.3 is 0 Å². The summed E-state index contributed by atoms with van der Waals surface area (Å²) in [7, 11) is 0. The average Bonchev–Trinajstić information content (AvgIpc) is 2.29. The van der Waals surface area contributed by atoms with Crippen LogP contribution < -0.4 is 4.90 Å². The fraction of sp³-hybridized carbons (Fsp3) is 0.571. The molecule has 1 aliphatic rings. The van der Waals surface area contributed by atoms with Crippen molar-refractivity contribution >= 4 is 5.69 Å². The number of piperidine rings is 1. The second-order valence-corrected chi connectivity index (χ2v) is 5.09. The highest BCUT2D eigenvalue weighted by atomic mass is 19.3. The first-order chi connectivity index (χ1) is 7.98. The first-order valence-corrected chi connectivity index (χ1v) is 6.21. The van der Waals surface area contributed by atoms with Crippen LogP contribution in [0.4, 0.5) is 14.5 Å². The lowest BCUT2D eigenvalue weighted by atomic mass is 10.0. The van der Waals surface area contributed by atoms with Crippen molar-refractivity contribution in [3.05, 3.63) is 29.8 Å². The minimum Gasteiger partial charge on any atom is -0.371 e. The van der Waals surface area contributed by atoms with E-state index in [0.717, 1.165) is 5.69 Å². The van der Waals surface area contributed by atoms with Gasteiger partial charge in [0.25, 0.3) is 5.92 Å². The van der Waals surface area contributed by atoms with Crippen molar-refractivity contribution in [2.45, 2.75) is 38.5 Å². The number of alkyl halides is 2. The Morgan fingerprint density at radius 1 is 1.06 bits per heavy atom. The number of benzene rings is 1. The van der Waals surface area contributed by atoms with E-state index in [1.165, 1.54) is 5.56 Å². The second kappa shape index (κ2) is 4.63. The number of rotatable bonds is 2. The smallest absolute Gasteiger partial charge is 0.251 e. The lowest BCUT2D eigenvalue weighted by Crippen LogP contribution is -2.39. The van der Waals surface area contributed by atoms with Crippen molar-refractivity contribution in [2.24, 2.45) is 0 Å². The van der Waals surface area contributed by atoms with Crippen LogP contribution in [-0.4, -0.2) is 19.0 Å². The second-order valence-electron chi connectivity index (χ2n) is 5.09. The summed E-state index contributed by atoms with van der Waals surface area (Å²) in [6.07, 6.45) is -0.0577. The number of hydrogen-bond acceptors (Lipinski definition) is 1. The lowest BCUT2D eigenvalue weighted by Gasteiger charge is -2.33. The third kappa shape index (κ3) is 2.96. The quantitative estimate of drug-likeness (QED) is 0.752. The monoisotopic (exact) mass is 239 g/mol. The highest BCUT2D eigenvalue weighted by Gasteiger charge is 2.33. The normalized spacial score (nSPS) is 19.7. The molecular formula is C14H19F2N. The van der Waals surface area contributed by atoms with Gasteiger partial charge in [0.15, 0.2) is 0 Å². The Balaban J connectivity index is 2.04. The minimum absolute atomic E-state index is 0.0288. The Hall–Kier alpha value is -1.12. The van der Waals surface area contributed by atoms with E-state index in [9.17, 15) is 8.78 Å². The molecule has 0 saturated carbocycles. The molecule has 0 amide bonds. The molecule has 0 radical (unpaired) electrons. The van der Waals surface area contributed by atoms with Crippen LogP contribution in [0.1, 0.15) is 38.2 Å². The van der Waals surface area contributed by atoms with Crippen molar-refractivity contribution in [3.8, 4) is 0 Å². The fourth-order valence-corrected chi connectivity index (χ4v) is 2.16. The van der Waals surface area contributed by atoms with Crippen LogP contribution in [0.25, 0.3) is 0 Å². The molecule has 0 spiro atoms. The van der Waals surface area contributed by atoms with E-state index in [4.69, 9.17) is 0 Å². The van der Waals surface area contributed by atoms with Crippen LogP contribution in [0, 0.1) is 0 Å². The molecule has 1 heterocycles. The molecule has 2 rings (SSSR count). The van der Waals surface area contributed by atoms with Crippen molar-refractivity contribution in [2.75, 3.05) is 18.0 Å². The van der Waals surface area contributed by atoms with Gasteiger partial charge in [0.1, 0.15) is 0 Å². The molecule has 1 aliphatic heterocycles. The molecule has 1 fully saturated rings. The molecule has 17 heavy (non-hydrogen) atoms. The summed E-state index contributed by atoms with van der Waals surface area (Å²) in [5.41, 5.74) is 2.35. The predicted molar refractivity (Wildman–Crippen MR) is 66.9 cm³/mol. The van der Waals surface area contributed by atoms with E-state index in [1.54, 1.807) is 0 Å². The van der Waals surface area contributed by atoms with Gasteiger partial charge in [-0.05, 0) is 23.6 Å². The number of nitrogens with zero attached hydrogens (tertiary/aromatic N) is 1. The molecule has 3 heteroatoms. The number of anilines is 1. The summed E-state index contributed by atoms with van der Waals surface area (Å²) >= 11 is 0. The Bertz CT molecular complexity index is 360. The van der Waals surface area contributed by atoms with Gasteiger partial charge in [0.05, 0.1) is 0 Å². The van der Waals surface area contributed by atoms with Crippen molar-refractivity contribution in [1.29, 1.82) is 0 Å². The molecule has 0 atom stereocenters. The minimum atomic E-state index is -2.46. The summed E-state index contributed by atoms with van der Waals surface area (Å²) in [5.74, 6) is -1.95. The summed E-state index contributed by atoms with van der Waals surface area (Å²) in [4.78, 5) is 2.04. The Labute approximate surface area is 101 Å². The van der Waals surface area contributed by atoms with Crippen LogP contribution in [0.15, 0.2) is 24.3 Å². The zero-order valence-electron chi connectivity index (χ0n) is 10.4. The first-order valence-electron chi connectivity index (χ1n) is 6.21. The highest BCUT2D eigenvalue weighted by molar-refractivity contribution is 5.48. The average molecular weight is 239 g/mol. The van der Waals surface area contributed by atoms with Gasteiger partial charge in [-0.15, -0.1) is 0 Å². The molecule has 0 N–H and O–H groups in total. The van der Waals surface area contributed by atoms with Gasteiger partial charge in [0, 0.05) is 31.6 Å². The van der Waals surface area contributed by atoms with Gasteiger partial charge in [0.2, 0.25) is 0 Å². The molecule has 1 saturated heterocycles. The molecule has 1 nitrogen and oxygen atoms in total. The largest absolute Gasteiger partial charge is 0.371 e. The van der Waals surface area contributed by atoms with Crippen molar-refractivity contribution in [1.82, 2.24) is 0 Å². The molecule has 0 aliphatic carbocycles. The zero-order valence-corrected chi connectivity index (χ0v) is 10.4. The van der Waals surface area contributed by atoms with E-state index in [-0.39, 0.29) is 12.8 Å². The zero-order chi connectivity index (χ0) is 12.5. The lowest BCUT2D eigenvalue weighted by molar-refractivity contribution is -0.0220. The Kier molecular flexibility index (Phi) is 3.36. The van der Waals surface area contributed by atoms with Crippen LogP contribution in [0.5, 0.6) is 0 Å². The maximum Gasteiger partial charge on any atom is 0.251 e. The number of hydrogen-bond donors (Lipinski definition) is 0. The van der Waals surface area contributed by atoms with Crippen LogP contribution in [0.3, 0.4) is 0 Å². The fourth-order valence-electron chi connectivity index (χ4n) is 2.16. The maximum atomic E-state index is 13.0. The van der Waals surface area contributed by atoms with Crippen LogP contribution >= 0.6 is 0 Å². The molecule has 0 aromatic heterocycles. The third-order valence-electron chi connectivity index (χ3n) is 3.42. The molecule has 0 bridgehead atoms. The van der Waals surface area contributed by atoms with Gasteiger partial charge in [-0.1, -0.05) is 26.0 Å². The van der Waals surface area contributed by atoms with E-state index in [0.29, 0.717) is 19.0 Å². The highest BCUT2D eigenvalue weighted by Crippen LogP contribution is 2.30. The Morgan fingerprint density at radius 2 is 1.59 bits per heavy atom. The summed E-state index contributed by atoms with van der Waals surface area (Å²) in [5, 5.41) is 0. The molecular weight excluding hydrogens is 220 g/mol. The molecule has 0 unspecified atom stereocenters. The molecule has 1 aromatic rings. The van der Waals surface area contributed by atoms with E-state index >= 15 is 0 Å². The first kappa shape index (κ1) is 12.3.